The summed E-state index contributed by atoms with van der Waals surface area (Å²) in [6, 6.07) is 19.7. The molecule has 0 bridgehead atoms. The van der Waals surface area contributed by atoms with Crippen molar-refractivity contribution in [2.45, 2.75) is 71.0 Å². The lowest BCUT2D eigenvalue weighted by molar-refractivity contribution is -0.141. The zero-order valence-electron chi connectivity index (χ0n) is 23.9. The number of nitrogens with zero attached hydrogens (tertiary/aromatic N) is 2. The van der Waals surface area contributed by atoms with Crippen LogP contribution >= 0.6 is 11.6 Å². The Bertz CT molecular complexity index is 1440. The third kappa shape index (κ3) is 7.86. The van der Waals surface area contributed by atoms with Crippen LogP contribution in [0.1, 0.15) is 50.8 Å². The van der Waals surface area contributed by atoms with Gasteiger partial charge in [-0.15, -0.1) is 0 Å². The molecule has 1 N–H and O–H groups in total. The minimum absolute atomic E-state index is 0.0553. The predicted molar refractivity (Wildman–Crippen MR) is 161 cm³/mol. The fraction of sp³-hybridized carbons (Fsp3) is 0.355. The summed E-state index contributed by atoms with van der Waals surface area (Å²) >= 11 is 6.17. The van der Waals surface area contributed by atoms with E-state index in [-0.39, 0.29) is 17.3 Å². The zero-order chi connectivity index (χ0) is 29.7. The smallest absolute Gasteiger partial charge is 0.264 e. The molecule has 3 aromatic carbocycles. The van der Waals surface area contributed by atoms with Crippen molar-refractivity contribution in [3.8, 4) is 0 Å². The fourth-order valence-electron chi connectivity index (χ4n) is 4.39. The lowest BCUT2D eigenvalue weighted by atomic mass is 10.1. The molecule has 0 heterocycles. The van der Waals surface area contributed by atoms with Crippen LogP contribution in [0.5, 0.6) is 0 Å². The van der Waals surface area contributed by atoms with E-state index in [1.165, 1.54) is 17.0 Å². The first-order valence-corrected chi connectivity index (χ1v) is 15.1. The number of hydrogen-bond donors (Lipinski definition) is 1. The molecule has 0 saturated carbocycles. The number of aryl methyl sites for hydroxylation is 2. The first kappa shape index (κ1) is 31.2. The largest absolute Gasteiger partial charge is 0.350 e. The normalized spacial score (nSPS) is 12.5. The number of nitrogens with one attached hydrogen (secondary N) is 1. The summed E-state index contributed by atoms with van der Waals surface area (Å²) in [6.07, 6.45) is 0.352. The summed E-state index contributed by atoms with van der Waals surface area (Å²) in [5.74, 6) is -0.791. The van der Waals surface area contributed by atoms with Crippen molar-refractivity contribution >= 4 is 39.1 Å². The highest BCUT2D eigenvalue weighted by Gasteiger charge is 2.35. The highest BCUT2D eigenvalue weighted by Crippen LogP contribution is 2.29. The van der Waals surface area contributed by atoms with Gasteiger partial charge >= 0.3 is 0 Å². The molecular weight excluding hydrogens is 546 g/mol. The molecule has 214 valence electrons. The quantitative estimate of drug-likeness (QED) is 0.323. The number of benzene rings is 3. The molecule has 40 heavy (non-hydrogen) atoms. The van der Waals surface area contributed by atoms with E-state index in [0.717, 1.165) is 15.4 Å². The standard InChI is InChI=1S/C31H38ClN3O4S/c1-7-27(30(37)33-31(4,5)6)34(20-24-15-13-22(2)14-16-24)29(36)21-35(28-18-17-25(32)19-23(28)3)40(38,39)26-11-9-8-10-12-26/h8-19,27H,7,20-21H2,1-6H3,(H,33,37)/t27-/m1/s1. The number of carbonyl (C=O) groups is 2. The van der Waals surface area contributed by atoms with E-state index in [2.05, 4.69) is 5.32 Å². The molecule has 0 aliphatic rings. The highest BCUT2D eigenvalue weighted by molar-refractivity contribution is 7.92. The Balaban J connectivity index is 2.09. The predicted octanol–water partition coefficient (Wildman–Crippen LogP) is 5.87. The SMILES string of the molecule is CC[C@H](C(=O)NC(C)(C)C)N(Cc1ccc(C)cc1)C(=O)CN(c1ccc(Cl)cc1C)S(=O)(=O)c1ccccc1. The molecule has 0 aliphatic heterocycles. The number of rotatable bonds is 10. The Morgan fingerprint density at radius 3 is 2.12 bits per heavy atom. The molecule has 9 heteroatoms. The monoisotopic (exact) mass is 583 g/mol. The van der Waals surface area contributed by atoms with Crippen LogP contribution in [0.15, 0.2) is 77.7 Å². The van der Waals surface area contributed by atoms with E-state index >= 15 is 0 Å². The molecule has 0 spiro atoms. The van der Waals surface area contributed by atoms with Crippen LogP contribution in [0.2, 0.25) is 5.02 Å². The number of halogens is 1. The van der Waals surface area contributed by atoms with Gasteiger partial charge < -0.3 is 10.2 Å². The van der Waals surface area contributed by atoms with Gasteiger partial charge in [-0.05, 0) is 82.5 Å². The van der Waals surface area contributed by atoms with E-state index in [0.29, 0.717) is 22.7 Å². The van der Waals surface area contributed by atoms with Gasteiger partial charge in [-0.2, -0.15) is 0 Å². The van der Waals surface area contributed by atoms with Crippen LogP contribution in [-0.2, 0) is 26.2 Å². The lowest BCUT2D eigenvalue weighted by Crippen LogP contribution is -2.55. The van der Waals surface area contributed by atoms with Gasteiger partial charge in [0.2, 0.25) is 11.8 Å². The molecule has 0 aliphatic carbocycles. The summed E-state index contributed by atoms with van der Waals surface area (Å²) in [5.41, 5.74) is 2.33. The Morgan fingerprint density at radius 2 is 1.57 bits per heavy atom. The van der Waals surface area contributed by atoms with Gasteiger partial charge in [0.15, 0.2) is 0 Å². The van der Waals surface area contributed by atoms with Gasteiger partial charge in [0, 0.05) is 17.1 Å². The maximum Gasteiger partial charge on any atom is 0.264 e. The molecule has 1 atom stereocenters. The van der Waals surface area contributed by atoms with Gasteiger partial charge in [0.1, 0.15) is 12.6 Å². The second-order valence-corrected chi connectivity index (χ2v) is 13.2. The van der Waals surface area contributed by atoms with E-state index in [4.69, 9.17) is 11.6 Å². The summed E-state index contributed by atoms with van der Waals surface area (Å²) in [4.78, 5) is 29.1. The van der Waals surface area contributed by atoms with Gasteiger partial charge in [-0.25, -0.2) is 8.42 Å². The van der Waals surface area contributed by atoms with Gasteiger partial charge in [0.25, 0.3) is 10.0 Å². The van der Waals surface area contributed by atoms with Crippen LogP contribution in [-0.4, -0.2) is 43.3 Å². The second-order valence-electron chi connectivity index (χ2n) is 10.9. The summed E-state index contributed by atoms with van der Waals surface area (Å²) in [6.45, 7) is 10.8. The Hall–Kier alpha value is -3.36. The van der Waals surface area contributed by atoms with E-state index in [1.807, 2.05) is 58.9 Å². The van der Waals surface area contributed by atoms with Crippen molar-refractivity contribution in [3.05, 3.63) is 94.5 Å². The minimum Gasteiger partial charge on any atom is -0.350 e. The summed E-state index contributed by atoms with van der Waals surface area (Å²) in [7, 11) is -4.14. The van der Waals surface area contributed by atoms with Crippen molar-refractivity contribution in [2.24, 2.45) is 0 Å². The van der Waals surface area contributed by atoms with Crippen molar-refractivity contribution in [1.82, 2.24) is 10.2 Å². The molecule has 0 saturated heterocycles. The first-order valence-electron chi connectivity index (χ1n) is 13.2. The molecule has 7 nitrogen and oxygen atoms in total. The van der Waals surface area contributed by atoms with E-state index < -0.39 is 34.1 Å². The van der Waals surface area contributed by atoms with E-state index in [1.54, 1.807) is 43.3 Å². The molecule has 3 aromatic rings. The van der Waals surface area contributed by atoms with Crippen LogP contribution < -0.4 is 9.62 Å². The van der Waals surface area contributed by atoms with Crippen LogP contribution in [0.4, 0.5) is 5.69 Å². The van der Waals surface area contributed by atoms with Gasteiger partial charge in [0.05, 0.1) is 10.6 Å². The average molecular weight is 584 g/mol. The maximum atomic E-state index is 14.1. The topological polar surface area (TPSA) is 86.8 Å². The van der Waals surface area contributed by atoms with Crippen molar-refractivity contribution in [2.75, 3.05) is 10.8 Å². The third-order valence-electron chi connectivity index (χ3n) is 6.40. The number of amides is 2. The summed E-state index contributed by atoms with van der Waals surface area (Å²) in [5, 5.41) is 3.43. The molecule has 0 radical (unpaired) electrons. The third-order valence-corrected chi connectivity index (χ3v) is 8.40. The van der Waals surface area contributed by atoms with Gasteiger partial charge in [-0.3, -0.25) is 13.9 Å². The van der Waals surface area contributed by atoms with Crippen LogP contribution in [0.25, 0.3) is 0 Å². The average Bonchev–Trinajstić information content (AvgIpc) is 2.88. The minimum atomic E-state index is -4.14. The van der Waals surface area contributed by atoms with Crippen LogP contribution in [0.3, 0.4) is 0 Å². The number of anilines is 1. The molecular formula is C31H38ClN3O4S. The first-order chi connectivity index (χ1) is 18.7. The van der Waals surface area contributed by atoms with Crippen molar-refractivity contribution < 1.29 is 18.0 Å². The van der Waals surface area contributed by atoms with Crippen molar-refractivity contribution in [3.63, 3.8) is 0 Å². The maximum absolute atomic E-state index is 14.1. The Kier molecular flexibility index (Phi) is 10.0. The van der Waals surface area contributed by atoms with Crippen molar-refractivity contribution in [1.29, 1.82) is 0 Å². The highest BCUT2D eigenvalue weighted by atomic mass is 35.5. The number of sulfonamides is 1. The summed E-state index contributed by atoms with van der Waals surface area (Å²) < 4.78 is 29.0. The Morgan fingerprint density at radius 1 is 0.950 bits per heavy atom. The molecule has 0 aromatic heterocycles. The van der Waals surface area contributed by atoms with E-state index in [9.17, 15) is 18.0 Å². The van der Waals surface area contributed by atoms with Crippen LogP contribution in [0, 0.1) is 13.8 Å². The molecule has 0 fully saturated rings. The Labute approximate surface area is 243 Å². The number of carbonyl (C=O) groups excluding carboxylic acids is 2. The second kappa shape index (κ2) is 12.9. The molecule has 3 rings (SSSR count). The molecule has 0 unspecified atom stereocenters. The molecule has 2 amide bonds. The lowest BCUT2D eigenvalue weighted by Gasteiger charge is -2.35. The number of hydrogen-bond acceptors (Lipinski definition) is 4. The van der Waals surface area contributed by atoms with Gasteiger partial charge in [-0.1, -0.05) is 66.6 Å². The zero-order valence-corrected chi connectivity index (χ0v) is 25.5. The fourth-order valence-corrected chi connectivity index (χ4v) is 6.12.